The van der Waals surface area contributed by atoms with Crippen molar-refractivity contribution in [2.75, 3.05) is 57.3 Å². The lowest BCUT2D eigenvalue weighted by Crippen LogP contribution is -2.48. The minimum absolute atomic E-state index is 0.128. The normalized spacial score (nSPS) is 17.7. The Morgan fingerprint density at radius 2 is 1.50 bits per heavy atom. The molecule has 0 atom stereocenters. The third-order valence-electron chi connectivity index (χ3n) is 6.13. The van der Waals surface area contributed by atoms with Gasteiger partial charge < -0.3 is 19.4 Å². The van der Waals surface area contributed by atoms with Crippen molar-refractivity contribution in [2.45, 2.75) is 25.7 Å². The van der Waals surface area contributed by atoms with Gasteiger partial charge in [0.05, 0.1) is 6.61 Å². The van der Waals surface area contributed by atoms with Gasteiger partial charge in [-0.3, -0.25) is 4.79 Å². The van der Waals surface area contributed by atoms with Gasteiger partial charge in [-0.1, -0.05) is 24.6 Å². The van der Waals surface area contributed by atoms with Gasteiger partial charge in [-0.2, -0.15) is 0 Å². The second-order valence-electron chi connectivity index (χ2n) is 8.24. The largest absolute Gasteiger partial charge is 0.494 e. The Morgan fingerprint density at radius 3 is 2.20 bits per heavy atom. The zero-order valence-electron chi connectivity index (χ0n) is 17.8. The van der Waals surface area contributed by atoms with Gasteiger partial charge in [0.25, 0.3) is 5.91 Å². The monoisotopic (exact) mass is 407 g/mol. The van der Waals surface area contributed by atoms with Gasteiger partial charge in [-0.25, -0.2) is 0 Å². The number of likely N-dealkylation sites (tertiary alicyclic amines) is 1. The van der Waals surface area contributed by atoms with E-state index in [-0.39, 0.29) is 5.91 Å². The van der Waals surface area contributed by atoms with E-state index < -0.39 is 0 Å². The summed E-state index contributed by atoms with van der Waals surface area (Å²) < 4.78 is 5.94. The number of piperidine rings is 1. The number of ether oxygens (including phenoxy) is 1. The van der Waals surface area contributed by atoms with Gasteiger partial charge in [0.1, 0.15) is 5.75 Å². The van der Waals surface area contributed by atoms with Crippen LogP contribution in [0.1, 0.15) is 36.0 Å². The first-order chi connectivity index (χ1) is 14.8. The van der Waals surface area contributed by atoms with Crippen LogP contribution < -0.4 is 9.64 Å². The van der Waals surface area contributed by atoms with Gasteiger partial charge in [0.15, 0.2) is 0 Å². The summed E-state index contributed by atoms with van der Waals surface area (Å²) in [5.74, 6) is 1.07. The standard InChI is InChI=1S/C25H33N3O2/c29-25(22-8-3-1-4-9-22)28-19-17-27(18-20-28)23-10-12-24(13-11-23)30-21-7-16-26-14-5-2-6-15-26/h1,3-4,8-13H,2,5-7,14-21H2. The first kappa shape index (κ1) is 20.7. The number of nitrogens with zero attached hydrogens (tertiary/aromatic N) is 3. The summed E-state index contributed by atoms with van der Waals surface area (Å²) in [7, 11) is 0. The zero-order chi connectivity index (χ0) is 20.6. The van der Waals surface area contributed by atoms with Gasteiger partial charge in [-0.15, -0.1) is 0 Å². The number of rotatable bonds is 7. The van der Waals surface area contributed by atoms with Crippen LogP contribution in [-0.2, 0) is 0 Å². The molecule has 2 heterocycles. The SMILES string of the molecule is O=C(c1ccccc1)N1CCN(c2ccc(OCCCN3CCCCC3)cc2)CC1. The highest BCUT2D eigenvalue weighted by atomic mass is 16.5. The van der Waals surface area contributed by atoms with E-state index in [4.69, 9.17) is 4.74 Å². The van der Waals surface area contributed by atoms with E-state index in [0.29, 0.717) is 0 Å². The molecule has 2 saturated heterocycles. The van der Waals surface area contributed by atoms with Crippen LogP contribution in [0.25, 0.3) is 0 Å². The van der Waals surface area contributed by atoms with Crippen LogP contribution >= 0.6 is 0 Å². The highest BCUT2D eigenvalue weighted by molar-refractivity contribution is 5.94. The number of carbonyl (C=O) groups excluding carboxylic acids is 1. The Hall–Kier alpha value is -2.53. The number of carbonyl (C=O) groups is 1. The Bertz CT molecular complexity index is 780. The topological polar surface area (TPSA) is 36.0 Å². The summed E-state index contributed by atoms with van der Waals surface area (Å²) in [4.78, 5) is 19.4. The number of amides is 1. The third kappa shape index (κ3) is 5.54. The fourth-order valence-corrected chi connectivity index (χ4v) is 4.35. The van der Waals surface area contributed by atoms with Crippen molar-refractivity contribution in [3.8, 4) is 5.75 Å². The number of anilines is 1. The summed E-state index contributed by atoms with van der Waals surface area (Å²) >= 11 is 0. The van der Waals surface area contributed by atoms with Gasteiger partial charge in [0, 0.05) is 44.0 Å². The van der Waals surface area contributed by atoms with Crippen molar-refractivity contribution in [1.82, 2.24) is 9.80 Å². The van der Waals surface area contributed by atoms with Crippen LogP contribution in [0, 0.1) is 0 Å². The molecule has 2 fully saturated rings. The van der Waals surface area contributed by atoms with Crippen molar-refractivity contribution < 1.29 is 9.53 Å². The molecular weight excluding hydrogens is 374 g/mol. The molecule has 0 N–H and O–H groups in total. The molecule has 0 radical (unpaired) electrons. The lowest BCUT2D eigenvalue weighted by molar-refractivity contribution is 0.0747. The molecule has 2 aliphatic heterocycles. The number of hydrogen-bond donors (Lipinski definition) is 0. The first-order valence-corrected chi connectivity index (χ1v) is 11.3. The van der Waals surface area contributed by atoms with Crippen LogP contribution in [0.15, 0.2) is 54.6 Å². The molecule has 30 heavy (non-hydrogen) atoms. The van der Waals surface area contributed by atoms with Crippen molar-refractivity contribution in [3.63, 3.8) is 0 Å². The van der Waals surface area contributed by atoms with E-state index in [1.54, 1.807) is 0 Å². The summed E-state index contributed by atoms with van der Waals surface area (Å²) in [6.07, 6.45) is 5.16. The molecule has 160 valence electrons. The second kappa shape index (κ2) is 10.5. The Kier molecular flexibility index (Phi) is 7.25. The molecule has 1 amide bonds. The molecule has 0 unspecified atom stereocenters. The van der Waals surface area contributed by atoms with E-state index in [9.17, 15) is 4.79 Å². The highest BCUT2D eigenvalue weighted by Gasteiger charge is 2.22. The van der Waals surface area contributed by atoms with Gasteiger partial charge >= 0.3 is 0 Å². The molecule has 0 spiro atoms. The average molecular weight is 408 g/mol. The van der Waals surface area contributed by atoms with Crippen molar-refractivity contribution >= 4 is 11.6 Å². The van der Waals surface area contributed by atoms with Gasteiger partial charge in [0.2, 0.25) is 0 Å². The molecule has 0 aliphatic carbocycles. The third-order valence-corrected chi connectivity index (χ3v) is 6.13. The first-order valence-electron chi connectivity index (χ1n) is 11.3. The predicted molar refractivity (Wildman–Crippen MR) is 121 cm³/mol. The minimum Gasteiger partial charge on any atom is -0.494 e. The quantitative estimate of drug-likeness (QED) is 0.652. The molecule has 0 saturated carbocycles. The minimum atomic E-state index is 0.128. The maximum Gasteiger partial charge on any atom is 0.253 e. The summed E-state index contributed by atoms with van der Waals surface area (Å²) in [6, 6.07) is 18.0. The zero-order valence-corrected chi connectivity index (χ0v) is 17.8. The van der Waals surface area contributed by atoms with E-state index in [2.05, 4.69) is 34.1 Å². The maximum absolute atomic E-state index is 12.6. The van der Waals surface area contributed by atoms with Crippen molar-refractivity contribution in [3.05, 3.63) is 60.2 Å². The number of benzene rings is 2. The number of hydrogen-bond acceptors (Lipinski definition) is 4. The molecule has 5 nitrogen and oxygen atoms in total. The number of piperazine rings is 1. The van der Waals surface area contributed by atoms with Gasteiger partial charge in [-0.05, 0) is 68.8 Å². The van der Waals surface area contributed by atoms with Crippen LogP contribution in [0.3, 0.4) is 0 Å². The van der Waals surface area contributed by atoms with E-state index in [1.807, 2.05) is 35.2 Å². The predicted octanol–water partition coefficient (Wildman–Crippen LogP) is 3.90. The Labute approximate surface area is 180 Å². The lowest BCUT2D eigenvalue weighted by atomic mass is 10.1. The van der Waals surface area contributed by atoms with E-state index in [0.717, 1.165) is 57.1 Å². The molecule has 2 aliphatic rings. The fourth-order valence-electron chi connectivity index (χ4n) is 4.35. The van der Waals surface area contributed by atoms with Crippen LogP contribution in [0.5, 0.6) is 5.75 Å². The highest BCUT2D eigenvalue weighted by Crippen LogP contribution is 2.21. The lowest BCUT2D eigenvalue weighted by Gasteiger charge is -2.36. The van der Waals surface area contributed by atoms with Crippen molar-refractivity contribution in [2.24, 2.45) is 0 Å². The molecular formula is C25H33N3O2. The van der Waals surface area contributed by atoms with Crippen LogP contribution in [0.2, 0.25) is 0 Å². The van der Waals surface area contributed by atoms with E-state index >= 15 is 0 Å². The van der Waals surface area contributed by atoms with Crippen LogP contribution in [0.4, 0.5) is 5.69 Å². The second-order valence-corrected chi connectivity index (χ2v) is 8.24. The molecule has 2 aromatic rings. The summed E-state index contributed by atoms with van der Waals surface area (Å²) in [5.41, 5.74) is 1.97. The molecule has 0 bridgehead atoms. The molecule has 4 rings (SSSR count). The summed E-state index contributed by atoms with van der Waals surface area (Å²) in [5, 5.41) is 0. The maximum atomic E-state index is 12.6. The fraction of sp³-hybridized carbons (Fsp3) is 0.480. The molecule has 0 aromatic heterocycles. The Balaban J connectivity index is 1.19. The van der Waals surface area contributed by atoms with E-state index in [1.165, 1.54) is 38.0 Å². The average Bonchev–Trinajstić information content (AvgIpc) is 2.83. The summed E-state index contributed by atoms with van der Waals surface area (Å²) in [6.45, 7) is 7.63. The molecule has 2 aromatic carbocycles. The Morgan fingerprint density at radius 1 is 0.800 bits per heavy atom. The van der Waals surface area contributed by atoms with Crippen LogP contribution in [-0.4, -0.2) is 68.1 Å². The van der Waals surface area contributed by atoms with Crippen molar-refractivity contribution in [1.29, 1.82) is 0 Å². The molecule has 5 heteroatoms. The smallest absolute Gasteiger partial charge is 0.253 e.